The Labute approximate surface area is 100 Å². The summed E-state index contributed by atoms with van der Waals surface area (Å²) in [5.41, 5.74) is 1.27. The van der Waals surface area contributed by atoms with Gasteiger partial charge in [0.1, 0.15) is 6.04 Å². The fourth-order valence-corrected chi connectivity index (χ4v) is 2.41. The largest absolute Gasteiger partial charge is 0.480 e. The van der Waals surface area contributed by atoms with E-state index in [1.54, 1.807) is 11.3 Å². The lowest BCUT2D eigenvalue weighted by atomic mass is 10.1. The maximum Gasteiger partial charge on any atom is 0.320 e. The Morgan fingerprint density at radius 1 is 1.62 bits per heavy atom. The molecule has 1 aromatic heterocycles. The van der Waals surface area contributed by atoms with Gasteiger partial charge in [-0.1, -0.05) is 13.3 Å². The molecule has 3 nitrogen and oxygen atoms in total. The van der Waals surface area contributed by atoms with Crippen LogP contribution in [0.1, 0.15) is 32.3 Å². The maximum absolute atomic E-state index is 11.0. The van der Waals surface area contributed by atoms with Crippen LogP contribution in [-0.4, -0.2) is 23.2 Å². The molecule has 2 unspecified atom stereocenters. The van der Waals surface area contributed by atoms with Gasteiger partial charge in [-0.3, -0.25) is 4.79 Å². The highest BCUT2D eigenvalue weighted by Crippen LogP contribution is 2.09. The number of aliphatic carboxylic acids is 1. The lowest BCUT2D eigenvalue weighted by Crippen LogP contribution is -2.42. The molecule has 0 saturated carbocycles. The third kappa shape index (κ3) is 4.33. The van der Waals surface area contributed by atoms with E-state index in [4.69, 9.17) is 5.11 Å². The van der Waals surface area contributed by atoms with E-state index in [1.165, 1.54) is 5.56 Å². The second-order valence-corrected chi connectivity index (χ2v) is 4.86. The summed E-state index contributed by atoms with van der Waals surface area (Å²) in [6, 6.07) is 1.86. The van der Waals surface area contributed by atoms with Gasteiger partial charge in [0.15, 0.2) is 0 Å². The highest BCUT2D eigenvalue weighted by atomic mass is 32.1. The molecule has 0 saturated heterocycles. The summed E-state index contributed by atoms with van der Waals surface area (Å²) in [6.07, 6.45) is 2.45. The van der Waals surface area contributed by atoms with Crippen LogP contribution in [0.3, 0.4) is 0 Å². The molecule has 0 radical (unpaired) electrons. The van der Waals surface area contributed by atoms with E-state index in [9.17, 15) is 4.79 Å². The Balaban J connectivity index is 2.42. The van der Waals surface area contributed by atoms with Gasteiger partial charge in [0, 0.05) is 6.04 Å². The fraction of sp³-hybridized carbons (Fsp3) is 0.583. The van der Waals surface area contributed by atoms with E-state index in [0.717, 1.165) is 12.8 Å². The molecule has 0 bridgehead atoms. The van der Waals surface area contributed by atoms with Crippen molar-refractivity contribution in [2.24, 2.45) is 0 Å². The van der Waals surface area contributed by atoms with Crippen LogP contribution >= 0.6 is 11.3 Å². The Kier molecular flexibility index (Phi) is 5.49. The molecule has 1 aromatic rings. The number of hydrogen-bond donors (Lipinski definition) is 2. The third-order valence-corrected chi connectivity index (χ3v) is 3.22. The average Bonchev–Trinajstić information content (AvgIpc) is 2.69. The monoisotopic (exact) mass is 241 g/mol. The summed E-state index contributed by atoms with van der Waals surface area (Å²) in [5, 5.41) is 16.3. The highest BCUT2D eigenvalue weighted by molar-refractivity contribution is 7.07. The molecule has 0 fully saturated rings. The Bertz CT molecular complexity index is 311. The highest BCUT2D eigenvalue weighted by Gasteiger charge is 2.18. The number of rotatable bonds is 7. The van der Waals surface area contributed by atoms with Crippen LogP contribution in [0.2, 0.25) is 0 Å². The number of nitrogens with one attached hydrogen (secondary N) is 1. The van der Waals surface area contributed by atoms with Crippen LogP contribution in [0.25, 0.3) is 0 Å². The van der Waals surface area contributed by atoms with Crippen molar-refractivity contribution in [3.63, 3.8) is 0 Å². The summed E-state index contributed by atoms with van der Waals surface area (Å²) in [5.74, 6) is -0.751. The number of thiophene rings is 1. The molecule has 90 valence electrons. The van der Waals surface area contributed by atoms with Crippen LogP contribution in [0.5, 0.6) is 0 Å². The first-order valence-corrected chi connectivity index (χ1v) is 6.57. The van der Waals surface area contributed by atoms with Gasteiger partial charge in [0.05, 0.1) is 0 Å². The van der Waals surface area contributed by atoms with Crippen molar-refractivity contribution in [2.75, 3.05) is 0 Å². The van der Waals surface area contributed by atoms with Crippen LogP contribution in [0.15, 0.2) is 16.8 Å². The second-order valence-electron chi connectivity index (χ2n) is 4.08. The minimum absolute atomic E-state index is 0.197. The fourth-order valence-electron chi connectivity index (χ4n) is 1.73. The van der Waals surface area contributed by atoms with E-state index in [0.29, 0.717) is 6.42 Å². The second kappa shape index (κ2) is 6.66. The van der Waals surface area contributed by atoms with Crippen LogP contribution < -0.4 is 5.32 Å². The van der Waals surface area contributed by atoms with Gasteiger partial charge in [0.25, 0.3) is 0 Å². The standard InChI is InChI=1S/C12H19NO2S/c1-3-4-11(12(14)15)13-9(2)7-10-5-6-16-8-10/h5-6,8-9,11,13H,3-4,7H2,1-2H3,(H,14,15). The predicted octanol–water partition coefficient (Wildman–Crippen LogP) is 2.52. The average molecular weight is 241 g/mol. The first-order valence-electron chi connectivity index (χ1n) is 5.63. The molecule has 16 heavy (non-hydrogen) atoms. The first kappa shape index (κ1) is 13.2. The smallest absolute Gasteiger partial charge is 0.320 e. The van der Waals surface area contributed by atoms with E-state index in [1.807, 2.05) is 19.2 Å². The van der Waals surface area contributed by atoms with E-state index < -0.39 is 12.0 Å². The van der Waals surface area contributed by atoms with Gasteiger partial charge in [-0.05, 0) is 42.2 Å². The van der Waals surface area contributed by atoms with Crippen molar-refractivity contribution in [1.82, 2.24) is 5.32 Å². The van der Waals surface area contributed by atoms with E-state index in [2.05, 4.69) is 16.8 Å². The molecule has 1 heterocycles. The Morgan fingerprint density at radius 3 is 2.88 bits per heavy atom. The Hall–Kier alpha value is -0.870. The summed E-state index contributed by atoms with van der Waals surface area (Å²) in [7, 11) is 0. The molecule has 0 aromatic carbocycles. The summed E-state index contributed by atoms with van der Waals surface area (Å²) in [6.45, 7) is 4.03. The normalized spacial score (nSPS) is 14.6. The van der Waals surface area contributed by atoms with E-state index in [-0.39, 0.29) is 6.04 Å². The van der Waals surface area contributed by atoms with Gasteiger partial charge in [-0.15, -0.1) is 0 Å². The first-order chi connectivity index (χ1) is 7.63. The van der Waals surface area contributed by atoms with Gasteiger partial charge in [0.2, 0.25) is 0 Å². The zero-order valence-electron chi connectivity index (χ0n) is 9.77. The zero-order chi connectivity index (χ0) is 12.0. The SMILES string of the molecule is CCCC(NC(C)Cc1ccsc1)C(=O)O. The maximum atomic E-state index is 11.0. The minimum atomic E-state index is -0.751. The zero-order valence-corrected chi connectivity index (χ0v) is 10.6. The van der Waals surface area contributed by atoms with Gasteiger partial charge in [-0.2, -0.15) is 11.3 Å². The number of hydrogen-bond acceptors (Lipinski definition) is 3. The van der Waals surface area contributed by atoms with Crippen LogP contribution in [0.4, 0.5) is 0 Å². The molecule has 1 rings (SSSR count). The van der Waals surface area contributed by atoms with Crippen LogP contribution in [0, 0.1) is 0 Å². The lowest BCUT2D eigenvalue weighted by Gasteiger charge is -2.19. The Morgan fingerprint density at radius 2 is 2.38 bits per heavy atom. The molecular formula is C12H19NO2S. The molecule has 0 aliphatic carbocycles. The van der Waals surface area contributed by atoms with Crippen molar-refractivity contribution >= 4 is 17.3 Å². The number of carbonyl (C=O) groups is 1. The van der Waals surface area contributed by atoms with Gasteiger partial charge >= 0.3 is 5.97 Å². The molecule has 0 amide bonds. The van der Waals surface area contributed by atoms with Crippen LogP contribution in [-0.2, 0) is 11.2 Å². The molecule has 0 aliphatic rings. The molecule has 0 aliphatic heterocycles. The van der Waals surface area contributed by atoms with Gasteiger partial charge in [-0.25, -0.2) is 0 Å². The number of carboxylic acids is 1. The lowest BCUT2D eigenvalue weighted by molar-refractivity contribution is -0.139. The van der Waals surface area contributed by atoms with E-state index >= 15 is 0 Å². The van der Waals surface area contributed by atoms with Crippen molar-refractivity contribution in [3.8, 4) is 0 Å². The third-order valence-electron chi connectivity index (χ3n) is 2.48. The summed E-state index contributed by atoms with van der Waals surface area (Å²) in [4.78, 5) is 11.0. The van der Waals surface area contributed by atoms with Crippen molar-refractivity contribution < 1.29 is 9.90 Å². The minimum Gasteiger partial charge on any atom is -0.480 e. The predicted molar refractivity (Wildman–Crippen MR) is 67.0 cm³/mol. The molecule has 2 N–H and O–H groups in total. The van der Waals surface area contributed by atoms with Gasteiger partial charge < -0.3 is 10.4 Å². The van der Waals surface area contributed by atoms with Crippen molar-refractivity contribution in [2.45, 2.75) is 45.2 Å². The van der Waals surface area contributed by atoms with Crippen molar-refractivity contribution in [3.05, 3.63) is 22.4 Å². The molecule has 0 spiro atoms. The summed E-state index contributed by atoms with van der Waals surface area (Å²) >= 11 is 1.67. The summed E-state index contributed by atoms with van der Waals surface area (Å²) < 4.78 is 0. The molecule has 4 heteroatoms. The molecule has 2 atom stereocenters. The number of carboxylic acid groups (broad SMARTS) is 1. The van der Waals surface area contributed by atoms with Crippen molar-refractivity contribution in [1.29, 1.82) is 0 Å². The quantitative estimate of drug-likeness (QED) is 0.771. The molecular weight excluding hydrogens is 222 g/mol. The topological polar surface area (TPSA) is 49.3 Å².